The fourth-order valence-electron chi connectivity index (χ4n) is 2.85. The summed E-state index contributed by atoms with van der Waals surface area (Å²) >= 11 is 5.84. The van der Waals surface area contributed by atoms with Gasteiger partial charge in [0.15, 0.2) is 11.5 Å². The van der Waals surface area contributed by atoms with E-state index < -0.39 is 0 Å². The van der Waals surface area contributed by atoms with Gasteiger partial charge in [0.25, 0.3) is 0 Å². The lowest BCUT2D eigenvalue weighted by Crippen LogP contribution is -2.29. The number of halogens is 2. The van der Waals surface area contributed by atoms with Crippen molar-refractivity contribution in [1.29, 1.82) is 0 Å². The van der Waals surface area contributed by atoms with E-state index in [0.29, 0.717) is 34.5 Å². The Kier molecular flexibility index (Phi) is 5.85. The van der Waals surface area contributed by atoms with Gasteiger partial charge in [-0.2, -0.15) is 4.52 Å². The number of benzene rings is 2. The van der Waals surface area contributed by atoms with E-state index in [0.717, 1.165) is 5.56 Å². The van der Waals surface area contributed by atoms with Crippen LogP contribution in [0.1, 0.15) is 5.56 Å². The Morgan fingerprint density at radius 1 is 1.10 bits per heavy atom. The number of fused-ring (bicyclic) bond motifs is 1. The first-order valence-electron chi connectivity index (χ1n) is 9.21. The Morgan fingerprint density at radius 3 is 2.73 bits per heavy atom. The van der Waals surface area contributed by atoms with Gasteiger partial charge in [0.2, 0.25) is 11.8 Å². The topological polar surface area (TPSA) is 81.4 Å². The molecule has 0 saturated carbocycles. The molecule has 1 amide bonds. The molecule has 0 aliphatic rings. The molecule has 0 aliphatic carbocycles. The van der Waals surface area contributed by atoms with Crippen LogP contribution in [0.5, 0.6) is 5.88 Å². The number of carbonyl (C=O) groups is 1. The Labute approximate surface area is 176 Å². The van der Waals surface area contributed by atoms with Crippen LogP contribution in [0.25, 0.3) is 17.0 Å². The van der Waals surface area contributed by atoms with Crippen LogP contribution in [-0.4, -0.2) is 38.9 Å². The zero-order chi connectivity index (χ0) is 20.9. The van der Waals surface area contributed by atoms with E-state index in [2.05, 4.69) is 20.6 Å². The van der Waals surface area contributed by atoms with Gasteiger partial charge in [-0.15, -0.1) is 15.3 Å². The lowest BCUT2D eigenvalue weighted by Gasteiger charge is -2.08. The van der Waals surface area contributed by atoms with Crippen molar-refractivity contribution in [2.75, 3.05) is 13.2 Å². The predicted molar refractivity (Wildman–Crippen MR) is 110 cm³/mol. The molecule has 0 unspecified atom stereocenters. The quantitative estimate of drug-likeness (QED) is 0.459. The van der Waals surface area contributed by atoms with Crippen LogP contribution >= 0.6 is 11.6 Å². The van der Waals surface area contributed by atoms with Gasteiger partial charge in [-0.25, -0.2) is 4.39 Å². The minimum absolute atomic E-state index is 0.114. The summed E-state index contributed by atoms with van der Waals surface area (Å²) in [5, 5.41) is 15.9. The molecule has 4 aromatic rings. The van der Waals surface area contributed by atoms with Crippen LogP contribution in [-0.2, 0) is 11.2 Å². The van der Waals surface area contributed by atoms with E-state index in [1.165, 1.54) is 16.6 Å². The van der Waals surface area contributed by atoms with Crippen molar-refractivity contribution in [1.82, 2.24) is 25.1 Å². The molecule has 1 N–H and O–H groups in total. The smallest absolute Gasteiger partial charge is 0.231 e. The summed E-state index contributed by atoms with van der Waals surface area (Å²) < 4.78 is 20.6. The van der Waals surface area contributed by atoms with Crippen molar-refractivity contribution in [2.45, 2.75) is 6.42 Å². The lowest BCUT2D eigenvalue weighted by molar-refractivity contribution is -0.120. The zero-order valence-corrected chi connectivity index (χ0v) is 16.5. The van der Waals surface area contributed by atoms with Crippen LogP contribution in [0, 0.1) is 5.82 Å². The van der Waals surface area contributed by atoms with E-state index in [-0.39, 0.29) is 24.8 Å². The molecule has 0 saturated heterocycles. The van der Waals surface area contributed by atoms with Crippen LogP contribution in [0.15, 0.2) is 60.7 Å². The fraction of sp³-hybridized carbons (Fsp3) is 0.143. The summed E-state index contributed by atoms with van der Waals surface area (Å²) in [5.41, 5.74) is 1.95. The zero-order valence-electron chi connectivity index (χ0n) is 15.8. The molecule has 0 spiro atoms. The maximum absolute atomic E-state index is 13.5. The number of hydrogen-bond donors (Lipinski definition) is 1. The van der Waals surface area contributed by atoms with Gasteiger partial charge in [0.1, 0.15) is 12.4 Å². The van der Waals surface area contributed by atoms with Crippen molar-refractivity contribution in [3.05, 3.63) is 77.1 Å². The number of aromatic nitrogens is 4. The third kappa shape index (κ3) is 4.72. The van der Waals surface area contributed by atoms with E-state index in [1.807, 2.05) is 12.1 Å². The highest BCUT2D eigenvalue weighted by atomic mass is 35.5. The molecule has 2 aromatic carbocycles. The number of hydrogen-bond acceptors (Lipinski definition) is 5. The van der Waals surface area contributed by atoms with Gasteiger partial charge < -0.3 is 10.1 Å². The van der Waals surface area contributed by atoms with Crippen LogP contribution in [0.2, 0.25) is 5.02 Å². The molecule has 0 atom stereocenters. The van der Waals surface area contributed by atoms with E-state index in [1.54, 1.807) is 36.4 Å². The van der Waals surface area contributed by atoms with Crippen molar-refractivity contribution < 1.29 is 13.9 Å². The first-order valence-corrected chi connectivity index (χ1v) is 9.58. The van der Waals surface area contributed by atoms with Crippen molar-refractivity contribution in [3.8, 4) is 17.3 Å². The Bertz CT molecular complexity index is 1180. The molecule has 7 nitrogen and oxygen atoms in total. The third-order valence-electron chi connectivity index (χ3n) is 4.27. The summed E-state index contributed by atoms with van der Waals surface area (Å²) in [6.07, 6.45) is 0.263. The number of nitrogens with one attached hydrogen (secondary N) is 1. The second kappa shape index (κ2) is 8.87. The third-order valence-corrected chi connectivity index (χ3v) is 4.53. The highest BCUT2D eigenvalue weighted by Crippen LogP contribution is 2.19. The molecule has 30 heavy (non-hydrogen) atoms. The SMILES string of the molecule is O=C(Cc1ccc(Cl)cc1)NCCOc1ccc2nnc(-c3cccc(F)c3)n2n1. The van der Waals surface area contributed by atoms with Gasteiger partial charge in [-0.05, 0) is 35.9 Å². The maximum Gasteiger partial charge on any atom is 0.231 e. The van der Waals surface area contributed by atoms with E-state index in [9.17, 15) is 9.18 Å². The van der Waals surface area contributed by atoms with Crippen molar-refractivity contribution >= 4 is 23.2 Å². The van der Waals surface area contributed by atoms with Gasteiger partial charge in [-0.1, -0.05) is 35.9 Å². The van der Waals surface area contributed by atoms with Crippen molar-refractivity contribution in [3.63, 3.8) is 0 Å². The number of nitrogens with zero attached hydrogens (tertiary/aromatic N) is 4. The van der Waals surface area contributed by atoms with Crippen LogP contribution < -0.4 is 10.1 Å². The average Bonchev–Trinajstić information content (AvgIpc) is 3.16. The second-order valence-corrected chi connectivity index (χ2v) is 6.91. The van der Waals surface area contributed by atoms with Crippen LogP contribution in [0.4, 0.5) is 4.39 Å². The van der Waals surface area contributed by atoms with E-state index in [4.69, 9.17) is 16.3 Å². The lowest BCUT2D eigenvalue weighted by atomic mass is 10.1. The van der Waals surface area contributed by atoms with Gasteiger partial charge in [-0.3, -0.25) is 4.79 Å². The molecular formula is C21H17ClFN5O2. The molecule has 0 radical (unpaired) electrons. The summed E-state index contributed by atoms with van der Waals surface area (Å²) in [6, 6.07) is 16.5. The second-order valence-electron chi connectivity index (χ2n) is 6.48. The fourth-order valence-corrected chi connectivity index (χ4v) is 2.98. The van der Waals surface area contributed by atoms with Crippen molar-refractivity contribution in [2.24, 2.45) is 0 Å². The molecule has 0 bridgehead atoms. The molecule has 9 heteroatoms. The average molecular weight is 426 g/mol. The van der Waals surface area contributed by atoms with E-state index >= 15 is 0 Å². The van der Waals surface area contributed by atoms with Gasteiger partial charge in [0, 0.05) is 16.7 Å². The highest BCUT2D eigenvalue weighted by molar-refractivity contribution is 6.30. The number of ether oxygens (including phenoxy) is 1. The summed E-state index contributed by atoms with van der Waals surface area (Å²) in [4.78, 5) is 12.0. The molecule has 0 fully saturated rings. The number of rotatable bonds is 7. The monoisotopic (exact) mass is 425 g/mol. The standard InChI is InChI=1S/C21H17ClFN5O2/c22-16-6-4-14(5-7-16)12-19(29)24-10-11-30-20-9-8-18-25-26-21(28(18)27-20)15-2-1-3-17(23)13-15/h1-9,13H,10-12H2,(H,24,29). The summed E-state index contributed by atoms with van der Waals surface area (Å²) in [6.45, 7) is 0.563. The first kappa shape index (κ1) is 19.8. The minimum atomic E-state index is -0.369. The van der Waals surface area contributed by atoms with Gasteiger partial charge >= 0.3 is 0 Å². The summed E-state index contributed by atoms with van der Waals surface area (Å²) in [7, 11) is 0. The summed E-state index contributed by atoms with van der Waals surface area (Å²) in [5.74, 6) is 0.264. The normalized spacial score (nSPS) is 10.9. The molecule has 2 aromatic heterocycles. The van der Waals surface area contributed by atoms with Gasteiger partial charge in [0.05, 0.1) is 13.0 Å². The molecule has 152 valence electrons. The Hall–Kier alpha value is -3.52. The minimum Gasteiger partial charge on any atom is -0.475 e. The van der Waals surface area contributed by atoms with Crippen LogP contribution in [0.3, 0.4) is 0 Å². The molecule has 0 aliphatic heterocycles. The molecular weight excluding hydrogens is 409 g/mol. The highest BCUT2D eigenvalue weighted by Gasteiger charge is 2.11. The Balaban J connectivity index is 1.34. The Morgan fingerprint density at radius 2 is 1.93 bits per heavy atom. The molecule has 4 rings (SSSR count). The number of amides is 1. The first-order chi connectivity index (χ1) is 14.6. The predicted octanol–water partition coefficient (Wildman–Crippen LogP) is 3.32. The largest absolute Gasteiger partial charge is 0.475 e. The number of carbonyl (C=O) groups excluding carboxylic acids is 1. The molecule has 2 heterocycles. The maximum atomic E-state index is 13.5.